The Balaban J connectivity index is 1.50. The average Bonchev–Trinajstić information content (AvgIpc) is 3.47. The van der Waals surface area contributed by atoms with Crippen LogP contribution in [0.2, 0.25) is 18.6 Å². The van der Waals surface area contributed by atoms with E-state index in [-0.39, 0.29) is 50.4 Å². The van der Waals surface area contributed by atoms with Crippen molar-refractivity contribution >= 4 is 37.5 Å². The number of aliphatic hydroxyl groups excluding tert-OH is 1. The molecule has 0 radical (unpaired) electrons. The maximum absolute atomic E-state index is 16.3. The molecule has 47 heavy (non-hydrogen) atoms. The lowest BCUT2D eigenvalue weighted by Gasteiger charge is -2.31. The van der Waals surface area contributed by atoms with E-state index in [2.05, 4.69) is 11.9 Å². The maximum atomic E-state index is 16.3. The van der Waals surface area contributed by atoms with Gasteiger partial charge in [-0.15, -0.1) is 6.58 Å². The van der Waals surface area contributed by atoms with Gasteiger partial charge in [0.1, 0.15) is 5.75 Å². The summed E-state index contributed by atoms with van der Waals surface area (Å²) in [7, 11) is -1.99. The van der Waals surface area contributed by atoms with Crippen LogP contribution in [-0.4, -0.2) is 69.0 Å². The van der Waals surface area contributed by atoms with E-state index in [9.17, 15) is 19.5 Å². The van der Waals surface area contributed by atoms with E-state index in [1.807, 2.05) is 37.3 Å². The molecule has 3 aromatic rings. The fraction of sp³-hybridized carbons (Fsp3) is 0.361. The molecule has 3 amide bonds. The lowest BCUT2D eigenvalue weighted by Crippen LogP contribution is -2.45. The van der Waals surface area contributed by atoms with Crippen molar-refractivity contribution < 1.29 is 33.1 Å². The second-order valence-electron chi connectivity index (χ2n) is 12.6. The van der Waals surface area contributed by atoms with Crippen molar-refractivity contribution in [1.82, 2.24) is 4.90 Å². The number of carbonyl (C=O) groups is 3. The largest absolute Gasteiger partial charge is 0.497 e. The van der Waals surface area contributed by atoms with Crippen LogP contribution in [0.4, 0.5) is 15.5 Å². The second-order valence-corrected chi connectivity index (χ2v) is 16.4. The number of amides is 3. The lowest BCUT2D eigenvalue weighted by molar-refractivity contribution is -0.149. The number of halogens is 1. The van der Waals surface area contributed by atoms with Crippen LogP contribution in [0, 0.1) is 5.92 Å². The van der Waals surface area contributed by atoms with Gasteiger partial charge in [0.2, 0.25) is 14.3 Å². The van der Waals surface area contributed by atoms with E-state index in [1.165, 1.54) is 0 Å². The third kappa shape index (κ3) is 6.60. The van der Waals surface area contributed by atoms with Gasteiger partial charge in [-0.2, -0.15) is 0 Å². The number of benzene rings is 3. The minimum absolute atomic E-state index is 0.106. The zero-order chi connectivity index (χ0) is 33.9. The molecule has 1 saturated heterocycles. The number of rotatable bonds is 12. The van der Waals surface area contributed by atoms with E-state index < -0.39 is 31.6 Å². The quantitative estimate of drug-likeness (QED) is 0.148. The highest BCUT2D eigenvalue weighted by Crippen LogP contribution is 2.60. The molecule has 4 atom stereocenters. The van der Waals surface area contributed by atoms with Crippen molar-refractivity contribution in [3.63, 3.8) is 0 Å². The van der Waals surface area contributed by atoms with Crippen LogP contribution in [0.15, 0.2) is 85.5 Å². The zero-order valence-electron chi connectivity index (χ0n) is 27.2. The Morgan fingerprint density at radius 2 is 1.85 bits per heavy atom. The molecule has 0 aromatic heterocycles. The molecule has 2 aliphatic heterocycles. The van der Waals surface area contributed by atoms with Crippen molar-refractivity contribution in [2.24, 2.45) is 5.92 Å². The van der Waals surface area contributed by atoms with E-state index in [0.717, 1.165) is 5.56 Å². The molecular formula is C36H42FN3O6Si. The van der Waals surface area contributed by atoms with Gasteiger partial charge >= 0.3 is 0 Å². The first-order valence-electron chi connectivity index (χ1n) is 15.8. The Bertz CT molecular complexity index is 1630. The molecule has 11 heteroatoms. The smallest absolute Gasteiger partial charge is 0.264 e. The zero-order valence-corrected chi connectivity index (χ0v) is 28.2. The predicted molar refractivity (Wildman–Crippen MR) is 182 cm³/mol. The van der Waals surface area contributed by atoms with Crippen molar-refractivity contribution in [2.75, 3.05) is 37.0 Å². The van der Waals surface area contributed by atoms with Crippen LogP contribution in [0.3, 0.4) is 0 Å². The van der Waals surface area contributed by atoms with Crippen LogP contribution in [0.1, 0.15) is 34.8 Å². The van der Waals surface area contributed by atoms with Gasteiger partial charge in [0, 0.05) is 47.9 Å². The highest BCUT2D eigenvalue weighted by atomic mass is 28.4. The number of carbonyl (C=O) groups excluding carboxylic acids is 3. The molecule has 0 saturated carbocycles. The maximum Gasteiger partial charge on any atom is 0.264 e. The van der Waals surface area contributed by atoms with Gasteiger partial charge < -0.3 is 33.8 Å². The number of fused-ring (bicyclic) bond motifs is 2. The molecule has 2 heterocycles. The van der Waals surface area contributed by atoms with E-state index in [1.54, 1.807) is 78.5 Å². The molecule has 9 nitrogen and oxygen atoms in total. The standard InChI is InChI=1S/C36H42FN3O6Si/c1-6-18-40-30-17-14-27(38-34(43)26-12-15-28(45-3)16-13-26)21-29(30)36(35(40)44)24(2)33(47(4,5)37)31(46-36)22-32(42)39(19-20-41)23-25-10-8-7-9-11-25/h6-17,21,24,31,33,41H,1,18-20,22-23H2,2-5H3,(H,38,43)/t24-,31+,33-,36+/m0/s1. The minimum atomic E-state index is -3.54. The van der Waals surface area contributed by atoms with E-state index in [0.29, 0.717) is 28.3 Å². The number of hydrogen-bond donors (Lipinski definition) is 2. The minimum Gasteiger partial charge on any atom is -0.497 e. The molecule has 0 aliphatic carbocycles. The Labute approximate surface area is 276 Å². The normalized spacial score (nSPS) is 21.9. The van der Waals surface area contributed by atoms with Crippen molar-refractivity contribution in [3.8, 4) is 5.75 Å². The Kier molecular flexibility index (Phi) is 9.99. The number of nitrogens with one attached hydrogen (secondary N) is 1. The summed E-state index contributed by atoms with van der Waals surface area (Å²) >= 11 is 0. The fourth-order valence-corrected chi connectivity index (χ4v) is 9.59. The molecule has 3 aromatic carbocycles. The molecule has 1 spiro atoms. The van der Waals surface area contributed by atoms with Gasteiger partial charge in [0.25, 0.3) is 11.8 Å². The number of hydrogen-bond acceptors (Lipinski definition) is 6. The monoisotopic (exact) mass is 659 g/mol. The lowest BCUT2D eigenvalue weighted by atomic mass is 9.82. The molecular weight excluding hydrogens is 617 g/mol. The first kappa shape index (κ1) is 34.0. The number of nitrogens with zero attached hydrogens (tertiary/aromatic N) is 2. The van der Waals surface area contributed by atoms with Gasteiger partial charge in [-0.05, 0) is 61.1 Å². The molecule has 2 N–H and O–H groups in total. The third-order valence-corrected chi connectivity index (χ3v) is 11.7. The summed E-state index contributed by atoms with van der Waals surface area (Å²) in [6.45, 7) is 9.16. The van der Waals surface area contributed by atoms with Crippen molar-refractivity contribution in [3.05, 3.63) is 102 Å². The third-order valence-electron chi connectivity index (χ3n) is 9.20. The molecule has 5 rings (SSSR count). The number of anilines is 2. The van der Waals surface area contributed by atoms with Crippen LogP contribution in [0.25, 0.3) is 0 Å². The molecule has 1 fully saturated rings. The molecule has 0 unspecified atom stereocenters. The van der Waals surface area contributed by atoms with E-state index in [4.69, 9.17) is 9.47 Å². The number of aliphatic hydroxyl groups is 1. The first-order valence-corrected chi connectivity index (χ1v) is 18.7. The van der Waals surface area contributed by atoms with Gasteiger partial charge in [-0.25, -0.2) is 0 Å². The topological polar surface area (TPSA) is 108 Å². The van der Waals surface area contributed by atoms with Crippen molar-refractivity contribution in [2.45, 2.75) is 50.2 Å². The predicted octanol–water partition coefficient (Wildman–Crippen LogP) is 5.67. The summed E-state index contributed by atoms with van der Waals surface area (Å²) in [5, 5.41) is 12.7. The van der Waals surface area contributed by atoms with Gasteiger partial charge in [-0.1, -0.05) is 43.3 Å². The highest BCUT2D eigenvalue weighted by Gasteiger charge is 2.67. The summed E-state index contributed by atoms with van der Waals surface area (Å²) in [4.78, 5) is 44.4. The molecule has 2 aliphatic rings. The Morgan fingerprint density at radius 3 is 2.47 bits per heavy atom. The van der Waals surface area contributed by atoms with Crippen molar-refractivity contribution in [1.29, 1.82) is 0 Å². The summed E-state index contributed by atoms with van der Waals surface area (Å²) in [5.41, 5.74) is 0.579. The Morgan fingerprint density at radius 1 is 1.15 bits per heavy atom. The van der Waals surface area contributed by atoms with E-state index >= 15 is 4.11 Å². The SMILES string of the molecule is C=CCN1C(=O)[C@]2(O[C@H](CC(=O)N(CCO)Cc3ccccc3)[C@@H]([Si](C)(C)F)[C@@H]2C)c2cc(NC(=O)c3ccc(OC)cc3)ccc21. The summed E-state index contributed by atoms with van der Waals surface area (Å²) < 4.78 is 28.2. The van der Waals surface area contributed by atoms with Crippen LogP contribution in [0.5, 0.6) is 5.75 Å². The van der Waals surface area contributed by atoms with Crippen LogP contribution >= 0.6 is 0 Å². The van der Waals surface area contributed by atoms with Gasteiger partial charge in [-0.3, -0.25) is 14.4 Å². The van der Waals surface area contributed by atoms with Gasteiger partial charge in [0.05, 0.1) is 31.9 Å². The second kappa shape index (κ2) is 13.8. The summed E-state index contributed by atoms with van der Waals surface area (Å²) in [6, 6.07) is 21.3. The fourth-order valence-electron chi connectivity index (χ4n) is 7.10. The summed E-state index contributed by atoms with van der Waals surface area (Å²) in [5.74, 6) is -1.00. The molecule has 0 bridgehead atoms. The van der Waals surface area contributed by atoms with Crippen LogP contribution < -0.4 is 15.0 Å². The van der Waals surface area contributed by atoms with Gasteiger partial charge in [0.15, 0.2) is 5.60 Å². The Hall–Kier alpha value is -4.32. The highest BCUT2D eigenvalue weighted by molar-refractivity contribution is 6.72. The van der Waals surface area contributed by atoms with Crippen LogP contribution in [-0.2, 0) is 26.5 Å². The number of ether oxygens (including phenoxy) is 2. The first-order chi connectivity index (χ1) is 22.4. The average molecular weight is 660 g/mol. The molecule has 248 valence electrons. The number of methoxy groups -OCH3 is 1. The summed E-state index contributed by atoms with van der Waals surface area (Å²) in [6.07, 6.45) is 0.573.